The number of alkyl halides is 1. The predicted octanol–water partition coefficient (Wildman–Crippen LogP) is 13.0. The molecule has 4 aromatic carbocycles. The van der Waals surface area contributed by atoms with Crippen LogP contribution < -0.4 is 38.5 Å². The van der Waals surface area contributed by atoms with Crippen LogP contribution in [0.2, 0.25) is 20.1 Å². The summed E-state index contributed by atoms with van der Waals surface area (Å²) in [6, 6.07) is 26.0. The Morgan fingerprint density at radius 3 is 0.949 bits per heavy atom. The van der Waals surface area contributed by atoms with E-state index in [-0.39, 0.29) is 88.3 Å². The molecule has 1 atom stereocenters. The van der Waals surface area contributed by atoms with Gasteiger partial charge in [-0.05, 0) is 86.6 Å². The highest BCUT2D eigenvalue weighted by molar-refractivity contribution is 6.33. The Kier molecular flexibility index (Phi) is 28.6. The third-order valence-electron chi connectivity index (χ3n) is 23.3. The van der Waals surface area contributed by atoms with Crippen LogP contribution in [0, 0.1) is 23.3 Å². The lowest BCUT2D eigenvalue weighted by Crippen LogP contribution is -2.55. The van der Waals surface area contributed by atoms with E-state index in [4.69, 9.17) is 65.4 Å². The van der Waals surface area contributed by atoms with Gasteiger partial charge in [-0.2, -0.15) is 20.4 Å². The van der Waals surface area contributed by atoms with E-state index in [1.807, 2.05) is 82.0 Å². The van der Waals surface area contributed by atoms with Crippen molar-refractivity contribution in [1.82, 2.24) is 119 Å². The number of piperazine rings is 4. The van der Waals surface area contributed by atoms with Crippen LogP contribution in [0.15, 0.2) is 171 Å². The van der Waals surface area contributed by atoms with Crippen molar-refractivity contribution >= 4 is 137 Å². The van der Waals surface area contributed by atoms with E-state index >= 15 is 0 Å². The minimum absolute atomic E-state index is 0.0186. The normalized spacial score (nSPS) is 14.6. The number of carbonyl (C=O) groups is 4. The number of carbonyl (C=O) groups excluding carboxylic acids is 4. The molecule has 20 rings (SSSR count). The Balaban J connectivity index is 0.000000126. The first-order valence-corrected chi connectivity index (χ1v) is 44.9. The van der Waals surface area contributed by atoms with Gasteiger partial charge in [-0.1, -0.05) is 46.4 Å². The van der Waals surface area contributed by atoms with Gasteiger partial charge in [-0.25, -0.2) is 80.6 Å². The van der Waals surface area contributed by atoms with Crippen molar-refractivity contribution in [3.8, 4) is 69.1 Å². The number of H-pyrrole nitrogens is 4. The summed E-state index contributed by atoms with van der Waals surface area (Å²) in [5.41, 5.74) is 6.55. The zero-order chi connectivity index (χ0) is 94.8. The molecule has 4 fully saturated rings. The molecule has 45 heteroatoms. The van der Waals surface area contributed by atoms with Gasteiger partial charge in [0.25, 0.3) is 0 Å². The van der Waals surface area contributed by atoms with E-state index in [1.54, 1.807) is 131 Å². The number of rotatable bonds is 23. The van der Waals surface area contributed by atoms with Gasteiger partial charge in [0.1, 0.15) is 109 Å². The van der Waals surface area contributed by atoms with Gasteiger partial charge in [0.2, 0.25) is 23.6 Å². The highest BCUT2D eigenvalue weighted by atomic mass is 35.5. The summed E-state index contributed by atoms with van der Waals surface area (Å²) >= 11 is 24.1. The molecule has 4 aliphatic heterocycles. The standard InChI is InChI=1S/C23H22ClF2N7O2.2C23H23ClFN7O2.C22H21ClFN7O2/c24-16-12-17(26)18(13-19(16)35-11-3-25)31-7-9-32(10-8-31)20(34)14-33-23-15(2-1-4-29-23)21(30-33)22-27-5-6-28-22;1-14-12-30(18-11-19(34-2)16(24)10-17(18)25)8-9-31(14)20(33)13-32-23-15(4-3-5-28-23)21(29-32)22-26-6-7-27-22;1-2-34-19-13-18(17(25)12-16(19)24)30-8-10-31(11-9-30)20(33)14-32-23-15(4-3-5-28-23)21(29-32)22-26-6-7-27-22;1-33-18-12-17(16(24)11-15(18)23)29-7-9-30(10-8-29)19(32)13-31-22-14(3-2-4-27-22)20(28-31)21-25-5-6-26-21/h1-2,4-6,12-13H,3,7-11,14H2,(H,27,28);3-7,10-11,14H,8-9,12-13H2,1-2H3,(H,26,27);3-7,12-13H,2,8-11,14H2,1H3,(H,26,27);2-6,11-12H,7-10,13H2,1H3,(H,25,26)/t;14-;;/m.0../s1. The second kappa shape index (κ2) is 41.8. The lowest BCUT2D eigenvalue weighted by atomic mass is 10.1. The van der Waals surface area contributed by atoms with Crippen LogP contribution in [0.4, 0.5) is 44.7 Å². The predicted molar refractivity (Wildman–Crippen MR) is 502 cm³/mol. The van der Waals surface area contributed by atoms with Crippen LogP contribution in [0.3, 0.4) is 0 Å². The first-order valence-electron chi connectivity index (χ1n) is 43.3. The Hall–Kier alpha value is -14.7. The number of hydrogen-bond acceptors (Lipinski definition) is 24. The molecule has 0 aliphatic carbocycles. The summed E-state index contributed by atoms with van der Waals surface area (Å²) in [5, 5.41) is 22.4. The number of nitrogens with one attached hydrogen (secondary N) is 4. The molecule has 0 spiro atoms. The van der Waals surface area contributed by atoms with Gasteiger partial charge in [0.15, 0.2) is 45.9 Å². The summed E-state index contributed by atoms with van der Waals surface area (Å²) in [4.78, 5) is 114. The van der Waals surface area contributed by atoms with Crippen molar-refractivity contribution in [3.05, 3.63) is 215 Å². The first-order chi connectivity index (χ1) is 66.1. The van der Waals surface area contributed by atoms with Gasteiger partial charge < -0.3 is 78.1 Å². The molecule has 16 heterocycles. The van der Waals surface area contributed by atoms with Gasteiger partial charge in [-0.15, -0.1) is 0 Å². The Morgan fingerprint density at radius 1 is 0.375 bits per heavy atom. The summed E-state index contributed by atoms with van der Waals surface area (Å²) in [5.74, 6) is 1.86. The third kappa shape index (κ3) is 20.2. The highest BCUT2D eigenvalue weighted by Gasteiger charge is 2.34. The van der Waals surface area contributed by atoms with E-state index in [1.165, 1.54) is 38.5 Å². The van der Waals surface area contributed by atoms with Crippen molar-refractivity contribution in [3.63, 3.8) is 0 Å². The summed E-state index contributed by atoms with van der Waals surface area (Å²) in [6.07, 6.45) is 20.2. The van der Waals surface area contributed by atoms with Crippen LogP contribution in [-0.2, 0) is 45.4 Å². The van der Waals surface area contributed by atoms with Gasteiger partial charge >= 0.3 is 0 Å². The third-order valence-corrected chi connectivity index (χ3v) is 24.5. The minimum atomic E-state index is -0.673. The average Bonchev–Trinajstić information content (AvgIpc) is 1.61. The number of fused-ring (bicyclic) bond motifs is 4. The Labute approximate surface area is 792 Å². The van der Waals surface area contributed by atoms with Crippen LogP contribution in [0.1, 0.15) is 13.8 Å². The molecule has 0 radical (unpaired) electrons. The maximum atomic E-state index is 14.6. The molecule has 12 aromatic heterocycles. The number of aromatic nitrogens is 20. The fourth-order valence-corrected chi connectivity index (χ4v) is 17.5. The molecule has 0 unspecified atom stereocenters. The number of hydrogen-bond donors (Lipinski definition) is 4. The Morgan fingerprint density at radius 2 is 0.662 bits per heavy atom. The number of ether oxygens (including phenoxy) is 4. The maximum Gasteiger partial charge on any atom is 0.244 e. The minimum Gasteiger partial charge on any atom is -0.495 e. The molecule has 0 saturated carbocycles. The van der Waals surface area contributed by atoms with Crippen molar-refractivity contribution in [2.75, 3.05) is 152 Å². The van der Waals surface area contributed by atoms with Crippen LogP contribution >= 0.6 is 46.4 Å². The highest BCUT2D eigenvalue weighted by Crippen LogP contribution is 2.40. The van der Waals surface area contributed by atoms with E-state index in [2.05, 4.69) is 80.2 Å². The summed E-state index contributed by atoms with van der Waals surface area (Å²) in [7, 11) is 2.98. The van der Waals surface area contributed by atoms with E-state index in [0.717, 1.165) is 27.6 Å². The maximum absolute atomic E-state index is 14.6. The topological polar surface area (TPSA) is 369 Å². The number of nitrogens with zero attached hydrogens (tertiary/aromatic N) is 24. The Bertz CT molecular complexity index is 6930. The fourth-order valence-electron chi connectivity index (χ4n) is 16.7. The molecule has 136 heavy (non-hydrogen) atoms. The van der Waals surface area contributed by atoms with Crippen molar-refractivity contribution in [2.24, 2.45) is 0 Å². The number of methoxy groups -OCH3 is 2. The second-order valence-corrected chi connectivity index (χ2v) is 33.2. The van der Waals surface area contributed by atoms with Gasteiger partial charge in [0, 0.05) is 203 Å². The SMILES string of the molecule is CCOc1cc(N2CCN(C(=O)Cn3nc(-c4ncc[nH]4)c4cccnc43)CC2)c(F)cc1Cl.COc1cc(N2CCN(C(=O)Cn3nc(-c4ncc[nH]4)c4cccnc43)CC2)c(F)cc1Cl.COc1cc(N2CCN(C(=O)Cn3nc(-c4ncc[nH]4)c4cccnc43)[C@@H](C)C2)c(F)cc1Cl.O=C(Cn1nc(-c2ncc[nH]2)c2cccnc21)N1CCN(c2cc(OCCF)c(Cl)cc2F)CC1. The zero-order valence-electron chi connectivity index (χ0n) is 73.7. The molecule has 4 N–H and O–H groups in total. The molecule has 16 aromatic rings. The zero-order valence-corrected chi connectivity index (χ0v) is 76.7. The molecule has 0 bridgehead atoms. The lowest BCUT2D eigenvalue weighted by molar-refractivity contribution is -0.134. The largest absolute Gasteiger partial charge is 0.495 e. The summed E-state index contributed by atoms with van der Waals surface area (Å²) in [6.45, 7) is 10.4. The molecule has 4 aliphatic rings. The number of amides is 4. The number of pyridine rings is 4. The molecular weight excluding hydrogens is 1850 g/mol. The van der Waals surface area contributed by atoms with Crippen LogP contribution in [0.5, 0.6) is 23.0 Å². The van der Waals surface area contributed by atoms with E-state index in [9.17, 15) is 41.1 Å². The fraction of sp³-hybridized carbons (Fsp3) is 0.297. The lowest BCUT2D eigenvalue weighted by Gasteiger charge is -2.41. The summed E-state index contributed by atoms with van der Waals surface area (Å²) < 4.78 is 98.3. The molecule has 36 nitrogen and oxygen atoms in total. The van der Waals surface area contributed by atoms with Crippen LogP contribution in [-0.4, -0.2) is 280 Å². The number of halogens is 9. The molecular formula is C91H89Cl4F5N28O8. The molecule has 4 saturated heterocycles. The average molecular weight is 1940 g/mol. The van der Waals surface area contributed by atoms with Gasteiger partial charge in [0.05, 0.1) is 85.2 Å². The second-order valence-electron chi connectivity index (χ2n) is 31.6. The van der Waals surface area contributed by atoms with Crippen molar-refractivity contribution in [1.29, 1.82) is 0 Å². The first kappa shape index (κ1) is 93.1. The number of benzene rings is 4. The monoisotopic (exact) mass is 1940 g/mol. The smallest absolute Gasteiger partial charge is 0.244 e. The van der Waals surface area contributed by atoms with Crippen LogP contribution in [0.25, 0.3) is 90.2 Å². The van der Waals surface area contributed by atoms with E-state index < -0.39 is 29.9 Å². The number of anilines is 4. The van der Waals surface area contributed by atoms with Crippen molar-refractivity contribution < 1.29 is 60.1 Å². The number of aromatic amines is 4. The molecule has 4 amide bonds. The molecule has 704 valence electrons. The van der Waals surface area contributed by atoms with Gasteiger partial charge in [-0.3, -0.25) is 19.2 Å². The number of imidazole rings is 4. The van der Waals surface area contributed by atoms with Crippen molar-refractivity contribution in [2.45, 2.75) is 46.1 Å². The van der Waals surface area contributed by atoms with E-state index in [0.29, 0.717) is 213 Å². The quantitative estimate of drug-likeness (QED) is 0.0432.